The lowest BCUT2D eigenvalue weighted by molar-refractivity contribution is -0.138. The van der Waals surface area contributed by atoms with Gasteiger partial charge in [-0.1, -0.05) is 30.3 Å². The minimum absolute atomic E-state index is 0.103. The van der Waals surface area contributed by atoms with Crippen LogP contribution < -0.4 is 4.90 Å². The van der Waals surface area contributed by atoms with Crippen LogP contribution in [-0.2, 0) is 25.7 Å². The Morgan fingerprint density at radius 2 is 1.94 bits per heavy atom. The van der Waals surface area contributed by atoms with Crippen molar-refractivity contribution in [3.63, 3.8) is 0 Å². The van der Waals surface area contributed by atoms with E-state index in [0.29, 0.717) is 12.2 Å². The minimum Gasteiger partial charge on any atom is -0.458 e. The van der Waals surface area contributed by atoms with Crippen LogP contribution in [0.4, 0.5) is 10.8 Å². The maximum Gasteiger partial charge on any atom is 0.410 e. The van der Waals surface area contributed by atoms with E-state index in [4.69, 9.17) is 13.9 Å². The number of piperazine rings is 1. The third-order valence-electron chi connectivity index (χ3n) is 4.23. The van der Waals surface area contributed by atoms with E-state index in [1.807, 2.05) is 30.3 Å². The second-order valence-electron chi connectivity index (χ2n) is 7.93. The number of nitrogens with zero attached hydrogens (tertiary/aromatic N) is 3. The van der Waals surface area contributed by atoms with Gasteiger partial charge < -0.3 is 13.9 Å². The predicted molar refractivity (Wildman–Crippen MR) is 112 cm³/mol. The molecule has 31 heavy (non-hydrogen) atoms. The van der Waals surface area contributed by atoms with E-state index >= 15 is 0 Å². The molecule has 1 fully saturated rings. The van der Waals surface area contributed by atoms with Crippen LogP contribution in [-0.4, -0.2) is 53.1 Å². The summed E-state index contributed by atoms with van der Waals surface area (Å²) in [5, 5.41) is 0. The first-order valence-corrected chi connectivity index (χ1v) is 9.84. The number of carbonyl (C=O) groups excluding carboxylic acids is 3. The number of aromatic nitrogens is 1. The Morgan fingerprint density at radius 1 is 1.19 bits per heavy atom. The molecule has 0 unspecified atom stereocenters. The molecule has 1 aliphatic heterocycles. The Bertz CT molecular complexity index is 961. The van der Waals surface area contributed by atoms with Crippen LogP contribution in [0.25, 0.3) is 6.08 Å². The molecule has 0 atom stereocenters. The van der Waals surface area contributed by atoms with Crippen LogP contribution in [0.5, 0.6) is 0 Å². The molecule has 0 N–H and O–H groups in total. The van der Waals surface area contributed by atoms with E-state index in [1.165, 1.54) is 28.2 Å². The van der Waals surface area contributed by atoms with Gasteiger partial charge in [0.1, 0.15) is 30.7 Å². The number of hydrogen-bond acceptors (Lipinski definition) is 7. The number of oxazole rings is 1. The summed E-state index contributed by atoms with van der Waals surface area (Å²) >= 11 is 0. The highest BCUT2D eigenvalue weighted by Gasteiger charge is 2.32. The first-order valence-electron chi connectivity index (χ1n) is 9.84. The highest BCUT2D eigenvalue weighted by Crippen LogP contribution is 2.19. The maximum absolute atomic E-state index is 12.5. The van der Waals surface area contributed by atoms with Crippen molar-refractivity contribution in [1.82, 2.24) is 9.88 Å². The Balaban J connectivity index is 1.52. The van der Waals surface area contributed by atoms with Gasteiger partial charge >= 0.3 is 18.1 Å². The van der Waals surface area contributed by atoms with Gasteiger partial charge in [0.2, 0.25) is 5.91 Å². The summed E-state index contributed by atoms with van der Waals surface area (Å²) < 4.78 is 15.8. The van der Waals surface area contributed by atoms with Gasteiger partial charge in [-0.3, -0.25) is 14.6 Å². The average Bonchev–Trinajstić information content (AvgIpc) is 3.19. The summed E-state index contributed by atoms with van der Waals surface area (Å²) in [6.07, 6.45) is 3.49. The molecule has 2 aromatic rings. The quantitative estimate of drug-likeness (QED) is 0.534. The molecule has 2 heterocycles. The van der Waals surface area contributed by atoms with Crippen LogP contribution in [0.1, 0.15) is 32.0 Å². The number of carbonyl (C=O) groups is 3. The van der Waals surface area contributed by atoms with Crippen molar-refractivity contribution in [3.8, 4) is 0 Å². The predicted octanol–water partition coefficient (Wildman–Crippen LogP) is 3.01. The molecule has 1 aliphatic rings. The lowest BCUT2D eigenvalue weighted by atomic mass is 10.2. The monoisotopic (exact) mass is 427 g/mol. The first kappa shape index (κ1) is 22.1. The van der Waals surface area contributed by atoms with Gasteiger partial charge in [-0.2, -0.15) is 4.98 Å². The van der Waals surface area contributed by atoms with Crippen molar-refractivity contribution in [2.45, 2.75) is 33.0 Å². The van der Waals surface area contributed by atoms with E-state index in [9.17, 15) is 14.4 Å². The van der Waals surface area contributed by atoms with Gasteiger partial charge in [0, 0.05) is 19.2 Å². The zero-order valence-corrected chi connectivity index (χ0v) is 17.7. The number of ether oxygens (including phenoxy) is 2. The smallest absolute Gasteiger partial charge is 0.410 e. The standard InChI is InChI=1S/C22H25N3O6/c1-22(2,3)31-21(28)24-11-12-25(18(26)13-24)20-23-17(15-30-20)9-10-19(27)29-14-16-7-5-4-6-8-16/h4-10,15H,11-14H2,1-3H3/b10-9+. The Morgan fingerprint density at radius 3 is 2.61 bits per heavy atom. The second kappa shape index (κ2) is 9.46. The Labute approximate surface area is 180 Å². The Kier molecular flexibility index (Phi) is 6.74. The van der Waals surface area contributed by atoms with Crippen molar-refractivity contribution < 1.29 is 28.3 Å². The van der Waals surface area contributed by atoms with E-state index in [1.54, 1.807) is 20.8 Å². The van der Waals surface area contributed by atoms with Crippen molar-refractivity contribution in [2.75, 3.05) is 24.5 Å². The van der Waals surface area contributed by atoms with E-state index < -0.39 is 17.7 Å². The van der Waals surface area contributed by atoms with Gasteiger partial charge in [-0.15, -0.1) is 0 Å². The molecule has 9 heteroatoms. The van der Waals surface area contributed by atoms with Gasteiger partial charge in [0.25, 0.3) is 0 Å². The van der Waals surface area contributed by atoms with E-state index in [2.05, 4.69) is 4.98 Å². The number of rotatable bonds is 5. The van der Waals surface area contributed by atoms with Gasteiger partial charge in [0.15, 0.2) is 0 Å². The fourth-order valence-electron chi connectivity index (χ4n) is 2.76. The summed E-state index contributed by atoms with van der Waals surface area (Å²) in [4.78, 5) is 43.4. The highest BCUT2D eigenvalue weighted by atomic mass is 16.6. The lowest BCUT2D eigenvalue weighted by Crippen LogP contribution is -2.53. The fraction of sp³-hybridized carbons (Fsp3) is 0.364. The normalized spacial score (nSPS) is 14.7. The SMILES string of the molecule is CC(C)(C)OC(=O)N1CCN(c2nc(/C=C/C(=O)OCc3ccccc3)co2)C(=O)C1. The molecule has 0 aliphatic carbocycles. The molecule has 0 bridgehead atoms. The highest BCUT2D eigenvalue weighted by molar-refractivity contribution is 5.95. The molecule has 164 valence electrons. The molecule has 9 nitrogen and oxygen atoms in total. The number of amides is 2. The van der Waals surface area contributed by atoms with Gasteiger partial charge in [-0.05, 0) is 32.4 Å². The number of benzene rings is 1. The molecule has 1 saturated heterocycles. The van der Waals surface area contributed by atoms with Gasteiger partial charge in [-0.25, -0.2) is 9.59 Å². The van der Waals surface area contributed by atoms with Crippen molar-refractivity contribution >= 4 is 30.1 Å². The third kappa shape index (κ3) is 6.43. The summed E-state index contributed by atoms with van der Waals surface area (Å²) in [7, 11) is 0. The van der Waals surface area contributed by atoms with Crippen molar-refractivity contribution in [2.24, 2.45) is 0 Å². The Hall–Kier alpha value is -3.62. The molecule has 0 saturated carbocycles. The fourth-order valence-corrected chi connectivity index (χ4v) is 2.76. The maximum atomic E-state index is 12.5. The largest absolute Gasteiger partial charge is 0.458 e. The zero-order chi connectivity index (χ0) is 22.4. The molecular formula is C22H25N3O6. The minimum atomic E-state index is -0.636. The van der Waals surface area contributed by atoms with E-state index in [-0.39, 0.29) is 31.6 Å². The second-order valence-corrected chi connectivity index (χ2v) is 7.93. The number of esters is 1. The molecule has 0 radical (unpaired) electrons. The molecule has 2 amide bonds. The first-order chi connectivity index (χ1) is 14.7. The summed E-state index contributed by atoms with van der Waals surface area (Å²) in [5.41, 5.74) is 0.620. The van der Waals surface area contributed by atoms with Crippen LogP contribution in [0.15, 0.2) is 47.1 Å². The molecule has 1 aromatic carbocycles. The van der Waals surface area contributed by atoms with E-state index in [0.717, 1.165) is 5.56 Å². The summed E-state index contributed by atoms with van der Waals surface area (Å²) in [6, 6.07) is 9.44. The molecule has 3 rings (SSSR count). The van der Waals surface area contributed by atoms with Crippen LogP contribution in [0.2, 0.25) is 0 Å². The van der Waals surface area contributed by atoms with Crippen LogP contribution in [0.3, 0.4) is 0 Å². The number of anilines is 1. The lowest BCUT2D eigenvalue weighted by Gasteiger charge is -2.33. The molecule has 0 spiro atoms. The molecular weight excluding hydrogens is 402 g/mol. The topological polar surface area (TPSA) is 102 Å². The third-order valence-corrected chi connectivity index (χ3v) is 4.23. The summed E-state index contributed by atoms with van der Waals surface area (Å²) in [6.45, 7) is 5.85. The zero-order valence-electron chi connectivity index (χ0n) is 17.7. The van der Waals surface area contributed by atoms with Crippen molar-refractivity contribution in [3.05, 3.63) is 53.9 Å². The van der Waals surface area contributed by atoms with Crippen molar-refractivity contribution in [1.29, 1.82) is 0 Å². The van der Waals surface area contributed by atoms with Gasteiger partial charge in [0.05, 0.1) is 0 Å². The summed E-state index contributed by atoms with van der Waals surface area (Å²) in [5.74, 6) is -0.854. The number of hydrogen-bond donors (Lipinski definition) is 0. The average molecular weight is 427 g/mol. The van der Waals surface area contributed by atoms with Crippen LogP contribution >= 0.6 is 0 Å². The molecule has 1 aromatic heterocycles. The van der Waals surface area contributed by atoms with Crippen LogP contribution in [0, 0.1) is 0 Å².